The summed E-state index contributed by atoms with van der Waals surface area (Å²) in [5.74, 6) is -1.21. The van der Waals surface area contributed by atoms with Crippen LogP contribution in [0.5, 0.6) is 0 Å². The van der Waals surface area contributed by atoms with Crippen LogP contribution in [-0.2, 0) is 26.6 Å². The zero-order valence-electron chi connectivity index (χ0n) is 11.3. The van der Waals surface area contributed by atoms with Crippen LogP contribution < -0.4 is 10.5 Å². The van der Waals surface area contributed by atoms with E-state index in [0.29, 0.717) is 0 Å². The molecule has 0 spiro atoms. The number of carbonyl (C=O) groups excluding carboxylic acids is 2. The van der Waals surface area contributed by atoms with Gasteiger partial charge in [0.15, 0.2) is 0 Å². The molecule has 1 heterocycles. The van der Waals surface area contributed by atoms with Crippen LogP contribution in [0.4, 0.5) is 0 Å². The number of nitrogens with zero attached hydrogens (tertiary/aromatic N) is 1. The van der Waals surface area contributed by atoms with Crippen LogP contribution in [0.1, 0.15) is 23.8 Å². The van der Waals surface area contributed by atoms with Crippen molar-refractivity contribution >= 4 is 21.9 Å². The second-order valence-corrected chi connectivity index (χ2v) is 5.76. The molecule has 0 saturated heterocycles. The number of esters is 1. The van der Waals surface area contributed by atoms with Crippen LogP contribution in [0.3, 0.4) is 0 Å². The van der Waals surface area contributed by atoms with Crippen molar-refractivity contribution in [3.63, 3.8) is 0 Å². The summed E-state index contributed by atoms with van der Waals surface area (Å²) in [5, 5.41) is 0. The van der Waals surface area contributed by atoms with E-state index in [2.05, 4.69) is 9.46 Å². The monoisotopic (exact) mass is 303 g/mol. The summed E-state index contributed by atoms with van der Waals surface area (Å²) in [6.07, 6.45) is 1.20. The molecule has 0 aliphatic heterocycles. The van der Waals surface area contributed by atoms with Gasteiger partial charge in [0.1, 0.15) is 10.6 Å². The molecule has 20 heavy (non-hydrogen) atoms. The van der Waals surface area contributed by atoms with Crippen molar-refractivity contribution in [3.8, 4) is 0 Å². The van der Waals surface area contributed by atoms with E-state index in [9.17, 15) is 18.0 Å². The SMILES string of the molecule is CCOC(=O)CCNS(=O)(=O)c1cc(C(N)=O)n(C)c1. The fourth-order valence-electron chi connectivity index (χ4n) is 1.53. The van der Waals surface area contributed by atoms with Gasteiger partial charge in [0.25, 0.3) is 5.91 Å². The zero-order valence-corrected chi connectivity index (χ0v) is 12.1. The van der Waals surface area contributed by atoms with E-state index in [1.54, 1.807) is 6.92 Å². The number of aromatic nitrogens is 1. The maximum absolute atomic E-state index is 11.9. The van der Waals surface area contributed by atoms with Crippen LogP contribution in [0.25, 0.3) is 0 Å². The topological polar surface area (TPSA) is 120 Å². The third-order valence-corrected chi connectivity index (χ3v) is 3.90. The van der Waals surface area contributed by atoms with Crippen LogP contribution in [0.2, 0.25) is 0 Å². The van der Waals surface area contributed by atoms with Crippen molar-refractivity contribution in [1.29, 1.82) is 0 Å². The van der Waals surface area contributed by atoms with Gasteiger partial charge < -0.3 is 15.0 Å². The highest BCUT2D eigenvalue weighted by molar-refractivity contribution is 7.89. The Morgan fingerprint density at radius 2 is 2.10 bits per heavy atom. The number of primary amides is 1. The number of hydrogen-bond donors (Lipinski definition) is 2. The molecule has 1 aromatic rings. The number of rotatable bonds is 7. The van der Waals surface area contributed by atoms with Crippen LogP contribution >= 0.6 is 0 Å². The molecule has 112 valence electrons. The standard InChI is InChI=1S/C11H17N3O5S/c1-3-19-10(15)4-5-13-20(17,18)8-6-9(11(12)16)14(2)7-8/h6-7,13H,3-5H2,1-2H3,(H2,12,16). The molecule has 8 nitrogen and oxygen atoms in total. The zero-order chi connectivity index (χ0) is 15.3. The Morgan fingerprint density at radius 3 is 2.60 bits per heavy atom. The lowest BCUT2D eigenvalue weighted by molar-refractivity contribution is -0.142. The minimum absolute atomic E-state index is 0.0669. The van der Waals surface area contributed by atoms with Crippen molar-refractivity contribution in [2.75, 3.05) is 13.2 Å². The predicted octanol–water partition coefficient (Wildman–Crippen LogP) is -0.644. The van der Waals surface area contributed by atoms with Gasteiger partial charge in [-0.3, -0.25) is 9.59 Å². The van der Waals surface area contributed by atoms with E-state index in [4.69, 9.17) is 5.73 Å². The average molecular weight is 303 g/mol. The number of amides is 1. The van der Waals surface area contributed by atoms with Gasteiger partial charge in [0, 0.05) is 19.8 Å². The molecule has 1 amide bonds. The Hall–Kier alpha value is -1.87. The van der Waals surface area contributed by atoms with Crippen molar-refractivity contribution in [3.05, 3.63) is 18.0 Å². The molecular formula is C11H17N3O5S. The summed E-state index contributed by atoms with van der Waals surface area (Å²) in [4.78, 5) is 22.1. The summed E-state index contributed by atoms with van der Waals surface area (Å²) >= 11 is 0. The normalized spacial score (nSPS) is 11.3. The highest BCUT2D eigenvalue weighted by Crippen LogP contribution is 2.12. The molecule has 0 aliphatic rings. The molecule has 0 saturated carbocycles. The lowest BCUT2D eigenvalue weighted by atomic mass is 10.4. The minimum Gasteiger partial charge on any atom is -0.466 e. The highest BCUT2D eigenvalue weighted by atomic mass is 32.2. The fourth-order valence-corrected chi connectivity index (χ4v) is 2.63. The Morgan fingerprint density at radius 1 is 1.45 bits per heavy atom. The van der Waals surface area contributed by atoms with Gasteiger partial charge in [-0.2, -0.15) is 0 Å². The fraction of sp³-hybridized carbons (Fsp3) is 0.455. The molecule has 9 heteroatoms. The number of hydrogen-bond acceptors (Lipinski definition) is 5. The van der Waals surface area contributed by atoms with Crippen molar-refractivity contribution < 1.29 is 22.7 Å². The molecule has 0 aromatic carbocycles. The van der Waals surface area contributed by atoms with Gasteiger partial charge in [-0.1, -0.05) is 0 Å². The van der Waals surface area contributed by atoms with Crippen molar-refractivity contribution in [2.24, 2.45) is 12.8 Å². The van der Waals surface area contributed by atoms with Gasteiger partial charge in [0.05, 0.1) is 13.0 Å². The van der Waals surface area contributed by atoms with Crippen molar-refractivity contribution in [1.82, 2.24) is 9.29 Å². The van der Waals surface area contributed by atoms with Gasteiger partial charge >= 0.3 is 5.97 Å². The van der Waals surface area contributed by atoms with E-state index < -0.39 is 21.9 Å². The summed E-state index contributed by atoms with van der Waals surface area (Å²) in [5.41, 5.74) is 5.19. The highest BCUT2D eigenvalue weighted by Gasteiger charge is 2.19. The molecule has 0 radical (unpaired) electrons. The van der Waals surface area contributed by atoms with E-state index in [0.717, 1.165) is 0 Å². The molecule has 0 bridgehead atoms. The van der Waals surface area contributed by atoms with Gasteiger partial charge in [-0.15, -0.1) is 0 Å². The quantitative estimate of drug-likeness (QED) is 0.649. The van der Waals surface area contributed by atoms with E-state index in [1.807, 2.05) is 0 Å². The van der Waals surface area contributed by atoms with Crippen LogP contribution in [0, 0.1) is 0 Å². The number of nitrogens with two attached hydrogens (primary N) is 1. The molecule has 1 rings (SSSR count). The first-order chi connectivity index (χ1) is 9.27. The molecule has 0 aliphatic carbocycles. The average Bonchev–Trinajstić information content (AvgIpc) is 2.72. The molecule has 0 fully saturated rings. The lowest BCUT2D eigenvalue weighted by Gasteiger charge is -2.04. The summed E-state index contributed by atoms with van der Waals surface area (Å²) < 4.78 is 32.1. The summed E-state index contributed by atoms with van der Waals surface area (Å²) in [7, 11) is -2.28. The predicted molar refractivity (Wildman–Crippen MR) is 70.4 cm³/mol. The van der Waals surface area contributed by atoms with Gasteiger partial charge in [-0.25, -0.2) is 13.1 Å². The third kappa shape index (κ3) is 4.07. The number of sulfonamides is 1. The molecule has 3 N–H and O–H groups in total. The van der Waals surface area contributed by atoms with Crippen LogP contribution in [0.15, 0.2) is 17.2 Å². The first-order valence-electron chi connectivity index (χ1n) is 5.89. The Balaban J connectivity index is 2.72. The molecular weight excluding hydrogens is 286 g/mol. The second-order valence-electron chi connectivity index (χ2n) is 3.99. The number of ether oxygens (including phenoxy) is 1. The van der Waals surface area contributed by atoms with E-state index >= 15 is 0 Å². The first-order valence-corrected chi connectivity index (χ1v) is 7.37. The molecule has 0 unspecified atom stereocenters. The van der Waals surface area contributed by atoms with E-state index in [1.165, 1.54) is 23.9 Å². The largest absolute Gasteiger partial charge is 0.466 e. The smallest absolute Gasteiger partial charge is 0.307 e. The second kappa shape index (κ2) is 6.53. The van der Waals surface area contributed by atoms with E-state index in [-0.39, 0.29) is 30.2 Å². The van der Waals surface area contributed by atoms with Gasteiger partial charge in [-0.05, 0) is 13.0 Å². The Bertz CT molecular complexity index is 606. The first kappa shape index (κ1) is 16.2. The van der Waals surface area contributed by atoms with Crippen molar-refractivity contribution in [2.45, 2.75) is 18.2 Å². The minimum atomic E-state index is -3.79. The maximum Gasteiger partial charge on any atom is 0.307 e. The number of nitrogens with one attached hydrogen (secondary N) is 1. The molecule has 1 aromatic heterocycles. The summed E-state index contributed by atoms with van der Waals surface area (Å²) in [6.45, 7) is 1.83. The summed E-state index contributed by atoms with van der Waals surface area (Å²) in [6, 6.07) is 1.18. The molecule has 0 atom stereocenters. The van der Waals surface area contributed by atoms with Crippen LogP contribution in [-0.4, -0.2) is 38.0 Å². The lowest BCUT2D eigenvalue weighted by Crippen LogP contribution is -2.26. The maximum atomic E-state index is 11.9. The third-order valence-electron chi connectivity index (χ3n) is 2.47. The number of aryl methyl sites for hydroxylation is 1. The Kier molecular flexibility index (Phi) is 5.28. The van der Waals surface area contributed by atoms with Gasteiger partial charge in [0.2, 0.25) is 10.0 Å². The Labute approximate surface area is 116 Å². The number of carbonyl (C=O) groups is 2.